The summed E-state index contributed by atoms with van der Waals surface area (Å²) in [5.41, 5.74) is 1.51. The summed E-state index contributed by atoms with van der Waals surface area (Å²) >= 11 is 3.50. The van der Waals surface area contributed by atoms with Crippen LogP contribution in [-0.2, 0) is 6.54 Å². The molecule has 0 spiro atoms. The average Bonchev–Trinajstić information content (AvgIpc) is 2.50. The molecule has 2 rings (SSSR count). The van der Waals surface area contributed by atoms with Crippen molar-refractivity contribution in [2.45, 2.75) is 51.7 Å². The Morgan fingerprint density at radius 2 is 2.32 bits per heavy atom. The third-order valence-electron chi connectivity index (χ3n) is 4.22. The zero-order chi connectivity index (χ0) is 13.9. The van der Waals surface area contributed by atoms with Crippen molar-refractivity contribution in [3.63, 3.8) is 0 Å². The lowest BCUT2D eigenvalue weighted by Crippen LogP contribution is -2.49. The van der Waals surface area contributed by atoms with Gasteiger partial charge in [-0.1, -0.05) is 6.92 Å². The molecule has 2 atom stereocenters. The summed E-state index contributed by atoms with van der Waals surface area (Å²) in [5.74, 6) is 0. The van der Waals surface area contributed by atoms with E-state index in [1.54, 1.807) is 0 Å². The molecule has 106 valence electrons. The number of hydrogen-bond donors (Lipinski definition) is 1. The molecular weight excluding hydrogens is 302 g/mol. The molecule has 4 heteroatoms. The number of hydrogen-bond acceptors (Lipinski definition) is 3. The number of rotatable bonds is 3. The summed E-state index contributed by atoms with van der Waals surface area (Å²) < 4.78 is 1.06. The first-order valence-corrected chi connectivity index (χ1v) is 7.90. The van der Waals surface area contributed by atoms with Gasteiger partial charge in [0.15, 0.2) is 0 Å². The van der Waals surface area contributed by atoms with E-state index in [4.69, 9.17) is 0 Å². The summed E-state index contributed by atoms with van der Waals surface area (Å²) in [6, 6.07) is 2.78. The normalized spacial score (nSPS) is 29.2. The topological polar surface area (TPSA) is 28.2 Å². The lowest BCUT2D eigenvalue weighted by molar-refractivity contribution is 0.163. The standard InChI is InChI=1S/C15H24BrN3/c1-4-15(3)11-19(12(2)5-6-18-15)10-13-7-14(16)9-17-8-13/h7-9,12,18H,4-6,10-11H2,1-3H3. The van der Waals surface area contributed by atoms with E-state index in [9.17, 15) is 0 Å². The zero-order valence-electron chi connectivity index (χ0n) is 12.1. The van der Waals surface area contributed by atoms with Crippen molar-refractivity contribution < 1.29 is 0 Å². The Morgan fingerprint density at radius 3 is 3.00 bits per heavy atom. The fourth-order valence-corrected chi connectivity index (χ4v) is 3.06. The Balaban J connectivity index is 2.11. The van der Waals surface area contributed by atoms with E-state index in [2.05, 4.69) is 58.0 Å². The SMILES string of the molecule is CCC1(C)CN(Cc2cncc(Br)c2)C(C)CCN1. The molecule has 0 aromatic carbocycles. The maximum Gasteiger partial charge on any atom is 0.0410 e. The second-order valence-electron chi connectivity index (χ2n) is 5.90. The fourth-order valence-electron chi connectivity index (χ4n) is 2.65. The molecular formula is C15H24BrN3. The maximum absolute atomic E-state index is 4.27. The highest BCUT2D eigenvalue weighted by molar-refractivity contribution is 9.10. The third-order valence-corrected chi connectivity index (χ3v) is 4.65. The molecule has 19 heavy (non-hydrogen) atoms. The molecule has 1 aliphatic rings. The second-order valence-corrected chi connectivity index (χ2v) is 6.81. The van der Waals surface area contributed by atoms with Crippen LogP contribution < -0.4 is 5.32 Å². The van der Waals surface area contributed by atoms with E-state index in [-0.39, 0.29) is 5.54 Å². The van der Waals surface area contributed by atoms with Gasteiger partial charge in [0, 0.05) is 41.5 Å². The summed E-state index contributed by atoms with van der Waals surface area (Å²) in [6.45, 7) is 10.1. The van der Waals surface area contributed by atoms with Crippen molar-refractivity contribution in [2.24, 2.45) is 0 Å². The second kappa shape index (κ2) is 6.33. The van der Waals surface area contributed by atoms with Gasteiger partial charge in [-0.25, -0.2) is 0 Å². The summed E-state index contributed by atoms with van der Waals surface area (Å²) in [4.78, 5) is 6.84. The smallest absolute Gasteiger partial charge is 0.0410 e. The first-order valence-electron chi connectivity index (χ1n) is 7.11. The Hall–Kier alpha value is -0.450. The van der Waals surface area contributed by atoms with Crippen molar-refractivity contribution >= 4 is 15.9 Å². The van der Waals surface area contributed by atoms with Crippen LogP contribution in [0.5, 0.6) is 0 Å². The zero-order valence-corrected chi connectivity index (χ0v) is 13.7. The van der Waals surface area contributed by atoms with Gasteiger partial charge in [0.25, 0.3) is 0 Å². The van der Waals surface area contributed by atoms with Gasteiger partial charge < -0.3 is 5.32 Å². The lowest BCUT2D eigenvalue weighted by Gasteiger charge is -2.34. The quantitative estimate of drug-likeness (QED) is 0.925. The van der Waals surface area contributed by atoms with Gasteiger partial charge >= 0.3 is 0 Å². The predicted molar refractivity (Wildman–Crippen MR) is 83.1 cm³/mol. The number of halogens is 1. The minimum absolute atomic E-state index is 0.226. The molecule has 0 amide bonds. The molecule has 0 saturated carbocycles. The first kappa shape index (κ1) is 14.9. The molecule has 1 fully saturated rings. The molecule has 1 N–H and O–H groups in total. The molecule has 1 aromatic heterocycles. The molecule has 0 radical (unpaired) electrons. The van der Waals surface area contributed by atoms with E-state index < -0.39 is 0 Å². The molecule has 1 aliphatic heterocycles. The van der Waals surface area contributed by atoms with Crippen LogP contribution in [0.25, 0.3) is 0 Å². The summed E-state index contributed by atoms with van der Waals surface area (Å²) in [6.07, 6.45) is 6.18. The lowest BCUT2D eigenvalue weighted by atomic mass is 9.98. The van der Waals surface area contributed by atoms with Crippen molar-refractivity contribution in [1.29, 1.82) is 0 Å². The molecule has 2 heterocycles. The van der Waals surface area contributed by atoms with Gasteiger partial charge in [-0.3, -0.25) is 9.88 Å². The average molecular weight is 326 g/mol. The van der Waals surface area contributed by atoms with Crippen LogP contribution in [0.1, 0.15) is 39.2 Å². The van der Waals surface area contributed by atoms with Crippen LogP contribution in [0.3, 0.4) is 0 Å². The number of nitrogens with one attached hydrogen (secondary N) is 1. The molecule has 1 aromatic rings. The van der Waals surface area contributed by atoms with E-state index in [1.165, 1.54) is 12.0 Å². The van der Waals surface area contributed by atoms with E-state index in [0.717, 1.165) is 30.5 Å². The molecule has 2 unspecified atom stereocenters. The number of pyridine rings is 1. The highest BCUT2D eigenvalue weighted by Crippen LogP contribution is 2.21. The molecule has 0 bridgehead atoms. The minimum Gasteiger partial charge on any atom is -0.310 e. The van der Waals surface area contributed by atoms with Crippen molar-refractivity contribution in [1.82, 2.24) is 15.2 Å². The van der Waals surface area contributed by atoms with Crippen LogP contribution >= 0.6 is 15.9 Å². The van der Waals surface area contributed by atoms with E-state index in [1.807, 2.05) is 12.4 Å². The van der Waals surface area contributed by atoms with E-state index in [0.29, 0.717) is 6.04 Å². The Bertz CT molecular complexity index is 424. The van der Waals surface area contributed by atoms with Crippen molar-refractivity contribution in [3.05, 3.63) is 28.5 Å². The predicted octanol–water partition coefficient (Wildman–Crippen LogP) is 3.20. The monoisotopic (exact) mass is 325 g/mol. The Labute approximate surface area is 124 Å². The number of nitrogens with zero attached hydrogens (tertiary/aromatic N) is 2. The van der Waals surface area contributed by atoms with E-state index >= 15 is 0 Å². The Morgan fingerprint density at radius 1 is 1.53 bits per heavy atom. The molecule has 1 saturated heterocycles. The summed E-state index contributed by atoms with van der Waals surface area (Å²) in [7, 11) is 0. The van der Waals surface area contributed by atoms with Crippen LogP contribution in [-0.4, -0.2) is 34.6 Å². The minimum atomic E-state index is 0.226. The fraction of sp³-hybridized carbons (Fsp3) is 0.667. The van der Waals surface area contributed by atoms with Gasteiger partial charge in [-0.2, -0.15) is 0 Å². The van der Waals surface area contributed by atoms with Gasteiger partial charge in [0.2, 0.25) is 0 Å². The molecule has 0 aliphatic carbocycles. The summed E-state index contributed by atoms with van der Waals surface area (Å²) in [5, 5.41) is 3.70. The largest absolute Gasteiger partial charge is 0.310 e. The van der Waals surface area contributed by atoms with Crippen molar-refractivity contribution in [2.75, 3.05) is 13.1 Å². The number of aromatic nitrogens is 1. The van der Waals surface area contributed by atoms with Crippen molar-refractivity contribution in [3.8, 4) is 0 Å². The van der Waals surface area contributed by atoms with Gasteiger partial charge in [-0.15, -0.1) is 0 Å². The third kappa shape index (κ3) is 4.01. The van der Waals surface area contributed by atoms with Crippen LogP contribution in [0.2, 0.25) is 0 Å². The Kier molecular flexibility index (Phi) is 4.98. The van der Waals surface area contributed by atoms with Gasteiger partial charge in [-0.05, 0) is 60.8 Å². The molecule has 3 nitrogen and oxygen atoms in total. The van der Waals surface area contributed by atoms with Crippen LogP contribution in [0.4, 0.5) is 0 Å². The van der Waals surface area contributed by atoms with Gasteiger partial charge in [0.05, 0.1) is 0 Å². The van der Waals surface area contributed by atoms with Crippen LogP contribution in [0.15, 0.2) is 22.9 Å². The van der Waals surface area contributed by atoms with Crippen LogP contribution in [0, 0.1) is 0 Å². The first-order chi connectivity index (χ1) is 9.02. The highest BCUT2D eigenvalue weighted by atomic mass is 79.9. The highest BCUT2D eigenvalue weighted by Gasteiger charge is 2.30. The maximum atomic E-state index is 4.27. The van der Waals surface area contributed by atoms with Gasteiger partial charge in [0.1, 0.15) is 0 Å².